The Hall–Kier alpha value is -0.610. The van der Waals surface area contributed by atoms with Crippen molar-refractivity contribution in [3.05, 3.63) is 0 Å². The molecule has 4 nitrogen and oxygen atoms in total. The molecule has 0 radical (unpaired) electrons. The SMILES string of the molecule is CCOC(=O)[C@H](C)N1CCC2(CCCN2C)CC1. The Labute approximate surface area is 110 Å². The van der Waals surface area contributed by atoms with Crippen LogP contribution >= 0.6 is 0 Å². The van der Waals surface area contributed by atoms with E-state index in [9.17, 15) is 4.79 Å². The molecular weight excluding hydrogens is 228 g/mol. The lowest BCUT2D eigenvalue weighted by Gasteiger charge is -2.44. The summed E-state index contributed by atoms with van der Waals surface area (Å²) in [5, 5.41) is 0. The lowest BCUT2D eigenvalue weighted by atomic mass is 9.85. The first-order valence-electron chi connectivity index (χ1n) is 7.21. The van der Waals surface area contributed by atoms with Crippen LogP contribution in [0.3, 0.4) is 0 Å². The molecule has 0 aromatic heterocycles. The number of rotatable bonds is 3. The molecule has 2 aliphatic heterocycles. The third-order valence-electron chi connectivity index (χ3n) is 4.85. The van der Waals surface area contributed by atoms with Crippen LogP contribution in [0.2, 0.25) is 0 Å². The lowest BCUT2D eigenvalue weighted by Crippen LogP contribution is -2.54. The Morgan fingerprint density at radius 3 is 2.44 bits per heavy atom. The van der Waals surface area contributed by atoms with E-state index >= 15 is 0 Å². The molecule has 2 saturated heterocycles. The van der Waals surface area contributed by atoms with Crippen molar-refractivity contribution < 1.29 is 9.53 Å². The number of ether oxygens (including phenoxy) is 1. The van der Waals surface area contributed by atoms with Crippen molar-refractivity contribution in [3.8, 4) is 0 Å². The smallest absolute Gasteiger partial charge is 0.323 e. The van der Waals surface area contributed by atoms with Crippen molar-refractivity contribution in [2.45, 2.75) is 51.1 Å². The molecule has 2 heterocycles. The zero-order chi connectivity index (χ0) is 13.2. The summed E-state index contributed by atoms with van der Waals surface area (Å²) in [5.41, 5.74) is 0.422. The number of hydrogen-bond donors (Lipinski definition) is 0. The van der Waals surface area contributed by atoms with Gasteiger partial charge in [0.25, 0.3) is 0 Å². The second-order valence-corrected chi connectivity index (χ2v) is 5.71. The third-order valence-corrected chi connectivity index (χ3v) is 4.85. The molecule has 2 rings (SSSR count). The van der Waals surface area contributed by atoms with Crippen LogP contribution in [-0.4, -0.2) is 60.6 Å². The summed E-state index contributed by atoms with van der Waals surface area (Å²) < 4.78 is 5.10. The molecule has 1 spiro atoms. The van der Waals surface area contributed by atoms with E-state index in [0.717, 1.165) is 13.1 Å². The van der Waals surface area contributed by atoms with Crippen LogP contribution in [0.1, 0.15) is 39.5 Å². The number of hydrogen-bond acceptors (Lipinski definition) is 4. The second kappa shape index (κ2) is 5.57. The molecule has 0 unspecified atom stereocenters. The zero-order valence-corrected chi connectivity index (χ0v) is 11.9. The average Bonchev–Trinajstić information content (AvgIpc) is 2.71. The Morgan fingerprint density at radius 2 is 1.94 bits per heavy atom. The normalized spacial score (nSPS) is 26.4. The van der Waals surface area contributed by atoms with Gasteiger partial charge < -0.3 is 9.64 Å². The predicted molar refractivity (Wildman–Crippen MR) is 71.5 cm³/mol. The van der Waals surface area contributed by atoms with Gasteiger partial charge in [-0.05, 0) is 53.1 Å². The number of likely N-dealkylation sites (tertiary alicyclic amines) is 2. The summed E-state index contributed by atoms with van der Waals surface area (Å²) >= 11 is 0. The summed E-state index contributed by atoms with van der Waals surface area (Å²) in [5.74, 6) is -0.0757. The summed E-state index contributed by atoms with van der Waals surface area (Å²) in [6.45, 7) is 7.57. The maximum Gasteiger partial charge on any atom is 0.323 e. The van der Waals surface area contributed by atoms with Crippen LogP contribution in [0.4, 0.5) is 0 Å². The molecule has 4 heteroatoms. The monoisotopic (exact) mass is 254 g/mol. The van der Waals surface area contributed by atoms with Crippen LogP contribution in [-0.2, 0) is 9.53 Å². The molecule has 2 aliphatic rings. The Balaban J connectivity index is 1.88. The molecular formula is C14H26N2O2. The van der Waals surface area contributed by atoms with Gasteiger partial charge >= 0.3 is 5.97 Å². The van der Waals surface area contributed by atoms with Crippen molar-refractivity contribution in [2.75, 3.05) is 33.3 Å². The van der Waals surface area contributed by atoms with Gasteiger partial charge in [0.2, 0.25) is 0 Å². The van der Waals surface area contributed by atoms with E-state index in [2.05, 4.69) is 16.8 Å². The van der Waals surface area contributed by atoms with Gasteiger partial charge in [0.1, 0.15) is 6.04 Å². The van der Waals surface area contributed by atoms with E-state index in [1.807, 2.05) is 13.8 Å². The van der Waals surface area contributed by atoms with Crippen molar-refractivity contribution in [1.82, 2.24) is 9.80 Å². The van der Waals surface area contributed by atoms with E-state index in [4.69, 9.17) is 4.74 Å². The zero-order valence-electron chi connectivity index (χ0n) is 11.9. The molecule has 18 heavy (non-hydrogen) atoms. The molecule has 0 aliphatic carbocycles. The Kier molecular flexibility index (Phi) is 4.28. The standard InChI is InChI=1S/C14H26N2O2/c1-4-18-13(17)12(2)16-10-7-14(8-11-16)6-5-9-15(14)3/h12H,4-11H2,1-3H3/t12-/m0/s1. The Bertz CT molecular complexity index is 298. The minimum absolute atomic E-state index is 0.0757. The average molecular weight is 254 g/mol. The fourth-order valence-corrected chi connectivity index (χ4v) is 3.44. The van der Waals surface area contributed by atoms with Crippen molar-refractivity contribution in [3.63, 3.8) is 0 Å². The van der Waals surface area contributed by atoms with E-state index in [1.165, 1.54) is 32.2 Å². The van der Waals surface area contributed by atoms with E-state index in [1.54, 1.807) is 0 Å². The number of esters is 1. The first kappa shape index (κ1) is 13.8. The molecule has 0 aromatic rings. The summed E-state index contributed by atoms with van der Waals surface area (Å²) in [7, 11) is 2.25. The van der Waals surface area contributed by atoms with Gasteiger partial charge in [-0.1, -0.05) is 0 Å². The van der Waals surface area contributed by atoms with Crippen molar-refractivity contribution in [2.24, 2.45) is 0 Å². The number of carbonyl (C=O) groups is 1. The molecule has 2 fully saturated rings. The number of nitrogens with zero attached hydrogens (tertiary/aromatic N) is 2. The van der Waals surface area contributed by atoms with Crippen molar-refractivity contribution in [1.29, 1.82) is 0 Å². The highest BCUT2D eigenvalue weighted by molar-refractivity contribution is 5.75. The fourth-order valence-electron chi connectivity index (χ4n) is 3.44. The molecule has 1 atom stereocenters. The van der Waals surface area contributed by atoms with Gasteiger partial charge in [0.15, 0.2) is 0 Å². The van der Waals surface area contributed by atoms with Crippen molar-refractivity contribution >= 4 is 5.97 Å². The van der Waals surface area contributed by atoms with Gasteiger partial charge in [-0.25, -0.2) is 0 Å². The number of carbonyl (C=O) groups excluding carboxylic acids is 1. The first-order valence-corrected chi connectivity index (χ1v) is 7.21. The van der Waals surface area contributed by atoms with Crippen LogP contribution < -0.4 is 0 Å². The predicted octanol–water partition coefficient (Wildman–Crippen LogP) is 1.50. The van der Waals surface area contributed by atoms with Gasteiger partial charge in [-0.2, -0.15) is 0 Å². The van der Waals surface area contributed by atoms with Gasteiger partial charge in [-0.15, -0.1) is 0 Å². The topological polar surface area (TPSA) is 32.8 Å². The molecule has 0 aromatic carbocycles. The minimum atomic E-state index is -0.0889. The highest BCUT2D eigenvalue weighted by atomic mass is 16.5. The summed E-state index contributed by atoms with van der Waals surface area (Å²) in [6, 6.07) is -0.0889. The first-order chi connectivity index (χ1) is 8.59. The van der Waals surface area contributed by atoms with Crippen LogP contribution in [0, 0.1) is 0 Å². The molecule has 0 N–H and O–H groups in total. The quantitative estimate of drug-likeness (QED) is 0.715. The molecule has 0 amide bonds. The van der Waals surface area contributed by atoms with Crippen LogP contribution in [0.15, 0.2) is 0 Å². The van der Waals surface area contributed by atoms with Crippen LogP contribution in [0.5, 0.6) is 0 Å². The summed E-state index contributed by atoms with van der Waals surface area (Å²) in [6.07, 6.45) is 5.02. The third kappa shape index (κ3) is 2.54. The van der Waals surface area contributed by atoms with Gasteiger partial charge in [0, 0.05) is 18.6 Å². The highest BCUT2D eigenvalue weighted by Crippen LogP contribution is 2.37. The largest absolute Gasteiger partial charge is 0.465 e. The maximum atomic E-state index is 11.7. The van der Waals surface area contributed by atoms with E-state index in [0.29, 0.717) is 12.1 Å². The fraction of sp³-hybridized carbons (Fsp3) is 0.929. The highest BCUT2D eigenvalue weighted by Gasteiger charge is 2.42. The molecule has 104 valence electrons. The minimum Gasteiger partial charge on any atom is -0.465 e. The van der Waals surface area contributed by atoms with Crippen LogP contribution in [0.25, 0.3) is 0 Å². The van der Waals surface area contributed by atoms with E-state index in [-0.39, 0.29) is 12.0 Å². The Morgan fingerprint density at radius 1 is 1.28 bits per heavy atom. The lowest BCUT2D eigenvalue weighted by molar-refractivity contribution is -0.149. The van der Waals surface area contributed by atoms with E-state index < -0.39 is 0 Å². The molecule has 0 bridgehead atoms. The number of piperidine rings is 1. The summed E-state index contributed by atoms with van der Waals surface area (Å²) in [4.78, 5) is 16.5. The molecule has 0 saturated carbocycles. The maximum absolute atomic E-state index is 11.7. The second-order valence-electron chi connectivity index (χ2n) is 5.71. The van der Waals surface area contributed by atoms with Gasteiger partial charge in [-0.3, -0.25) is 9.69 Å². The van der Waals surface area contributed by atoms with Gasteiger partial charge in [0.05, 0.1) is 6.61 Å².